The van der Waals surface area contributed by atoms with E-state index in [2.05, 4.69) is 4.98 Å². The Morgan fingerprint density at radius 2 is 1.81 bits per heavy atom. The van der Waals surface area contributed by atoms with Crippen LogP contribution >= 0.6 is 11.3 Å². The lowest BCUT2D eigenvalue weighted by Gasteiger charge is -2.05. The van der Waals surface area contributed by atoms with E-state index in [1.807, 2.05) is 41.8 Å². The Balaban J connectivity index is 1.48. The number of aromatic nitrogens is 1. The van der Waals surface area contributed by atoms with E-state index in [9.17, 15) is 4.79 Å². The zero-order valence-corrected chi connectivity index (χ0v) is 14.8. The lowest BCUT2D eigenvalue weighted by Crippen LogP contribution is -1.97. The van der Waals surface area contributed by atoms with E-state index in [1.165, 1.54) is 6.07 Å². The first-order valence-electron chi connectivity index (χ1n) is 7.97. The maximum Gasteiger partial charge on any atom is 0.336 e. The number of fused-ring (bicyclic) bond motifs is 1. The first-order chi connectivity index (χ1) is 12.7. The molecule has 0 saturated heterocycles. The number of methoxy groups -OCH3 is 1. The molecule has 0 bridgehead atoms. The van der Waals surface area contributed by atoms with Crippen LogP contribution in [0.3, 0.4) is 0 Å². The van der Waals surface area contributed by atoms with Gasteiger partial charge in [0.15, 0.2) is 0 Å². The quantitative estimate of drug-likeness (QED) is 0.487. The summed E-state index contributed by atoms with van der Waals surface area (Å²) in [7, 11) is 1.64. The third-order valence-corrected chi connectivity index (χ3v) is 4.81. The van der Waals surface area contributed by atoms with Gasteiger partial charge in [-0.15, -0.1) is 11.3 Å². The maximum atomic E-state index is 11.3. The fourth-order valence-electron chi connectivity index (χ4n) is 2.53. The van der Waals surface area contributed by atoms with Crippen molar-refractivity contribution < 1.29 is 13.9 Å². The number of benzene rings is 2. The smallest absolute Gasteiger partial charge is 0.336 e. The second kappa shape index (κ2) is 7.01. The van der Waals surface area contributed by atoms with Crippen LogP contribution in [0.4, 0.5) is 0 Å². The van der Waals surface area contributed by atoms with Crippen LogP contribution in [0.5, 0.6) is 11.5 Å². The van der Waals surface area contributed by atoms with Crippen molar-refractivity contribution in [3.05, 3.63) is 76.1 Å². The predicted octanol–water partition coefficient (Wildman–Crippen LogP) is 4.50. The minimum atomic E-state index is -0.377. The summed E-state index contributed by atoms with van der Waals surface area (Å²) in [6.45, 7) is 0.342. The second-order valence-corrected chi connectivity index (χ2v) is 6.47. The number of thiazole rings is 1. The van der Waals surface area contributed by atoms with Crippen LogP contribution < -0.4 is 15.1 Å². The van der Waals surface area contributed by atoms with E-state index in [1.54, 1.807) is 30.6 Å². The molecular formula is C20H15NO4S. The van der Waals surface area contributed by atoms with Gasteiger partial charge in [-0.2, -0.15) is 0 Å². The highest BCUT2D eigenvalue weighted by Crippen LogP contribution is 2.26. The van der Waals surface area contributed by atoms with Gasteiger partial charge in [-0.25, -0.2) is 9.78 Å². The summed E-state index contributed by atoms with van der Waals surface area (Å²) in [6, 6.07) is 16.3. The van der Waals surface area contributed by atoms with Crippen molar-refractivity contribution in [2.45, 2.75) is 6.61 Å². The van der Waals surface area contributed by atoms with Crippen molar-refractivity contribution in [2.24, 2.45) is 0 Å². The summed E-state index contributed by atoms with van der Waals surface area (Å²) in [5.41, 5.74) is 2.01. The molecular weight excluding hydrogens is 350 g/mol. The highest BCUT2D eigenvalue weighted by Gasteiger charge is 2.07. The molecule has 4 rings (SSSR count). The van der Waals surface area contributed by atoms with Crippen LogP contribution in [-0.2, 0) is 6.61 Å². The van der Waals surface area contributed by atoms with Crippen LogP contribution in [0.2, 0.25) is 0 Å². The number of hydrogen-bond acceptors (Lipinski definition) is 6. The lowest BCUT2D eigenvalue weighted by molar-refractivity contribution is 0.302. The van der Waals surface area contributed by atoms with E-state index in [4.69, 9.17) is 13.9 Å². The topological polar surface area (TPSA) is 61.6 Å². The molecule has 6 heteroatoms. The van der Waals surface area contributed by atoms with E-state index >= 15 is 0 Å². The molecule has 0 amide bonds. The Morgan fingerprint density at radius 1 is 1.04 bits per heavy atom. The standard InChI is InChI=1S/C20H15NO4S/c1-23-16-6-3-14(4-7-16)20-21-15(12-26-20)11-24-17-8-2-13-5-9-19(22)25-18(13)10-17/h2-10,12H,11H2,1H3. The SMILES string of the molecule is COc1ccc(-c2nc(COc3ccc4ccc(=O)oc4c3)cs2)cc1. The molecule has 2 aromatic heterocycles. The highest BCUT2D eigenvalue weighted by atomic mass is 32.1. The first-order valence-corrected chi connectivity index (χ1v) is 8.85. The highest BCUT2D eigenvalue weighted by molar-refractivity contribution is 7.13. The van der Waals surface area contributed by atoms with Crippen LogP contribution in [0.25, 0.3) is 21.5 Å². The molecule has 0 atom stereocenters. The van der Waals surface area contributed by atoms with E-state index in [0.717, 1.165) is 27.4 Å². The number of ether oxygens (including phenoxy) is 2. The lowest BCUT2D eigenvalue weighted by atomic mass is 10.2. The zero-order valence-electron chi connectivity index (χ0n) is 14.0. The van der Waals surface area contributed by atoms with Gasteiger partial charge in [0.1, 0.15) is 28.7 Å². The predicted molar refractivity (Wildman–Crippen MR) is 101 cm³/mol. The summed E-state index contributed by atoms with van der Waals surface area (Å²) in [6.07, 6.45) is 0. The van der Waals surface area contributed by atoms with Crippen molar-refractivity contribution in [1.29, 1.82) is 0 Å². The largest absolute Gasteiger partial charge is 0.497 e. The third kappa shape index (κ3) is 3.45. The van der Waals surface area contributed by atoms with Crippen LogP contribution in [0, 0.1) is 0 Å². The molecule has 0 aliphatic rings. The molecule has 2 heterocycles. The summed E-state index contributed by atoms with van der Waals surface area (Å²) in [5, 5.41) is 3.75. The second-order valence-electron chi connectivity index (χ2n) is 5.62. The van der Waals surface area contributed by atoms with Crippen molar-refractivity contribution in [3.8, 4) is 22.1 Å². The molecule has 130 valence electrons. The molecule has 0 aliphatic heterocycles. The molecule has 0 fully saturated rings. The number of rotatable bonds is 5. The van der Waals surface area contributed by atoms with Gasteiger partial charge >= 0.3 is 5.63 Å². The Labute approximate surface area is 153 Å². The minimum absolute atomic E-state index is 0.342. The summed E-state index contributed by atoms with van der Waals surface area (Å²) in [5.74, 6) is 1.45. The van der Waals surface area contributed by atoms with Crippen LogP contribution in [0.1, 0.15) is 5.69 Å². The van der Waals surface area contributed by atoms with Crippen molar-refractivity contribution in [2.75, 3.05) is 7.11 Å². The molecule has 0 radical (unpaired) electrons. The van der Waals surface area contributed by atoms with Crippen LogP contribution in [-0.4, -0.2) is 12.1 Å². The van der Waals surface area contributed by atoms with Gasteiger partial charge in [-0.05, 0) is 42.5 Å². The van der Waals surface area contributed by atoms with E-state index in [-0.39, 0.29) is 5.63 Å². The molecule has 4 aromatic rings. The zero-order chi connectivity index (χ0) is 17.9. The van der Waals surface area contributed by atoms with Gasteiger partial charge in [-0.1, -0.05) is 0 Å². The van der Waals surface area contributed by atoms with Gasteiger partial charge in [0.25, 0.3) is 0 Å². The van der Waals surface area contributed by atoms with E-state index in [0.29, 0.717) is 17.9 Å². The van der Waals surface area contributed by atoms with Gasteiger partial charge in [0.2, 0.25) is 0 Å². The molecule has 26 heavy (non-hydrogen) atoms. The Morgan fingerprint density at radius 3 is 2.62 bits per heavy atom. The van der Waals surface area contributed by atoms with Gasteiger partial charge in [-0.3, -0.25) is 0 Å². The van der Waals surface area contributed by atoms with Gasteiger partial charge < -0.3 is 13.9 Å². The molecule has 0 spiro atoms. The van der Waals surface area contributed by atoms with Crippen LogP contribution in [0.15, 0.2) is 69.2 Å². The van der Waals surface area contributed by atoms with E-state index < -0.39 is 0 Å². The van der Waals surface area contributed by atoms with Gasteiger partial charge in [0.05, 0.1) is 12.8 Å². The Bertz CT molecular complexity index is 1100. The summed E-state index contributed by atoms with van der Waals surface area (Å²) in [4.78, 5) is 15.9. The molecule has 0 saturated carbocycles. The van der Waals surface area contributed by atoms with Crippen molar-refractivity contribution >= 4 is 22.3 Å². The Hall–Kier alpha value is -3.12. The number of nitrogens with zero attached hydrogens (tertiary/aromatic N) is 1. The fraction of sp³-hybridized carbons (Fsp3) is 0.100. The summed E-state index contributed by atoms with van der Waals surface area (Å²) < 4.78 is 16.1. The third-order valence-electron chi connectivity index (χ3n) is 3.87. The minimum Gasteiger partial charge on any atom is -0.497 e. The monoisotopic (exact) mass is 365 g/mol. The molecule has 0 N–H and O–H groups in total. The first kappa shape index (κ1) is 16.4. The maximum absolute atomic E-state index is 11.3. The van der Waals surface area contributed by atoms with Crippen molar-refractivity contribution in [1.82, 2.24) is 4.98 Å². The molecule has 2 aromatic carbocycles. The Kier molecular flexibility index (Phi) is 4.41. The molecule has 0 aliphatic carbocycles. The molecule has 5 nitrogen and oxygen atoms in total. The van der Waals surface area contributed by atoms with Crippen molar-refractivity contribution in [3.63, 3.8) is 0 Å². The summed E-state index contributed by atoms with van der Waals surface area (Å²) >= 11 is 1.56. The van der Waals surface area contributed by atoms with Gasteiger partial charge in [0, 0.05) is 28.5 Å². The number of hydrogen-bond donors (Lipinski definition) is 0. The molecule has 0 unspecified atom stereocenters. The average Bonchev–Trinajstić information content (AvgIpc) is 3.15. The average molecular weight is 365 g/mol. The normalized spacial score (nSPS) is 10.8. The fourth-order valence-corrected chi connectivity index (χ4v) is 3.34.